The number of anilines is 1. The molecule has 0 unspecified atom stereocenters. The van der Waals surface area contributed by atoms with Crippen LogP contribution in [0.4, 0.5) is 10.1 Å². The summed E-state index contributed by atoms with van der Waals surface area (Å²) in [4.78, 5) is 17.2. The molecule has 4 rings (SSSR count). The molecule has 1 saturated carbocycles. The molecule has 1 aliphatic heterocycles. The van der Waals surface area contributed by atoms with Crippen LogP contribution < -0.4 is 4.72 Å². The molecule has 160 valence electrons. The third-order valence-corrected chi connectivity index (χ3v) is 7.35. The molecule has 0 atom stereocenters. The first-order valence-corrected chi connectivity index (χ1v) is 11.8. The van der Waals surface area contributed by atoms with E-state index in [0.717, 1.165) is 25.2 Å². The minimum Gasteiger partial charge on any atom is -0.336 e. The minimum atomic E-state index is -3.82. The fourth-order valence-electron chi connectivity index (χ4n) is 4.25. The van der Waals surface area contributed by atoms with Crippen molar-refractivity contribution in [3.63, 3.8) is 0 Å². The van der Waals surface area contributed by atoms with Crippen molar-refractivity contribution in [1.82, 2.24) is 9.80 Å². The molecule has 6 nitrogen and oxygen atoms in total. The summed E-state index contributed by atoms with van der Waals surface area (Å²) >= 11 is 0. The van der Waals surface area contributed by atoms with Crippen LogP contribution in [0.2, 0.25) is 0 Å². The van der Waals surface area contributed by atoms with Gasteiger partial charge in [-0.25, -0.2) is 12.8 Å². The number of piperazine rings is 1. The predicted molar refractivity (Wildman–Crippen MR) is 113 cm³/mol. The molecule has 2 aromatic carbocycles. The largest absolute Gasteiger partial charge is 0.336 e. The highest BCUT2D eigenvalue weighted by molar-refractivity contribution is 7.92. The predicted octanol–water partition coefficient (Wildman–Crippen LogP) is 3.33. The number of carbonyl (C=O) groups excluding carboxylic acids is 1. The minimum absolute atomic E-state index is 0.0239. The molecular weight excluding hydrogens is 405 g/mol. The van der Waals surface area contributed by atoms with E-state index in [1.807, 2.05) is 4.90 Å². The molecular formula is C22H26FN3O3S. The van der Waals surface area contributed by atoms with E-state index in [2.05, 4.69) is 9.62 Å². The maximum absolute atomic E-state index is 13.0. The fraction of sp³-hybridized carbons (Fsp3) is 0.409. The van der Waals surface area contributed by atoms with Crippen molar-refractivity contribution in [2.45, 2.75) is 36.6 Å². The van der Waals surface area contributed by atoms with Crippen LogP contribution in [0.25, 0.3) is 0 Å². The van der Waals surface area contributed by atoms with Gasteiger partial charge in [-0.05, 0) is 61.4 Å². The lowest BCUT2D eigenvalue weighted by Crippen LogP contribution is -2.51. The number of rotatable bonds is 5. The van der Waals surface area contributed by atoms with Gasteiger partial charge in [0, 0.05) is 43.5 Å². The van der Waals surface area contributed by atoms with E-state index in [4.69, 9.17) is 0 Å². The first-order valence-electron chi connectivity index (χ1n) is 10.3. The standard InChI is InChI=1S/C22H26FN3O3S/c23-18-7-11-21(12-8-18)30(28,29)24-19-9-5-17(6-10-19)22(27)26-15-13-25(14-16-26)20-3-1-2-4-20/h5-12,20,24H,1-4,13-16H2. The number of carbonyl (C=O) groups is 1. The van der Waals surface area contributed by atoms with E-state index < -0.39 is 15.8 Å². The van der Waals surface area contributed by atoms with E-state index >= 15 is 0 Å². The molecule has 1 heterocycles. The Hall–Kier alpha value is -2.45. The van der Waals surface area contributed by atoms with Gasteiger partial charge in [0.25, 0.3) is 15.9 Å². The van der Waals surface area contributed by atoms with Crippen LogP contribution in [0.1, 0.15) is 36.0 Å². The summed E-state index contributed by atoms with van der Waals surface area (Å²) in [5, 5.41) is 0. The van der Waals surface area contributed by atoms with Gasteiger partial charge in [-0.3, -0.25) is 14.4 Å². The van der Waals surface area contributed by atoms with Gasteiger partial charge in [-0.2, -0.15) is 0 Å². The lowest BCUT2D eigenvalue weighted by molar-refractivity contribution is 0.0573. The molecule has 1 N–H and O–H groups in total. The Bertz CT molecular complexity index is 979. The van der Waals surface area contributed by atoms with Gasteiger partial charge in [0.15, 0.2) is 0 Å². The number of nitrogens with zero attached hydrogens (tertiary/aromatic N) is 2. The van der Waals surface area contributed by atoms with E-state index in [-0.39, 0.29) is 10.8 Å². The van der Waals surface area contributed by atoms with Crippen LogP contribution in [0.3, 0.4) is 0 Å². The molecule has 1 saturated heterocycles. The molecule has 2 aliphatic rings. The van der Waals surface area contributed by atoms with Crippen molar-refractivity contribution in [1.29, 1.82) is 0 Å². The second-order valence-electron chi connectivity index (χ2n) is 7.90. The third kappa shape index (κ3) is 4.65. The molecule has 0 spiro atoms. The van der Waals surface area contributed by atoms with Crippen LogP contribution >= 0.6 is 0 Å². The zero-order valence-corrected chi connectivity index (χ0v) is 17.6. The Morgan fingerprint density at radius 1 is 0.900 bits per heavy atom. The van der Waals surface area contributed by atoms with Crippen molar-refractivity contribution >= 4 is 21.6 Å². The first-order chi connectivity index (χ1) is 14.4. The molecule has 2 fully saturated rings. The fourth-order valence-corrected chi connectivity index (χ4v) is 5.31. The van der Waals surface area contributed by atoms with Crippen LogP contribution in [-0.4, -0.2) is 56.3 Å². The monoisotopic (exact) mass is 431 g/mol. The highest BCUT2D eigenvalue weighted by atomic mass is 32.2. The Labute approximate surface area is 176 Å². The second-order valence-corrected chi connectivity index (χ2v) is 9.59. The lowest BCUT2D eigenvalue weighted by Gasteiger charge is -2.38. The summed E-state index contributed by atoms with van der Waals surface area (Å²) in [5.41, 5.74) is 0.885. The summed E-state index contributed by atoms with van der Waals surface area (Å²) in [6.45, 7) is 3.25. The van der Waals surface area contributed by atoms with Gasteiger partial charge in [-0.1, -0.05) is 12.8 Å². The average molecular weight is 432 g/mol. The van der Waals surface area contributed by atoms with E-state index in [1.54, 1.807) is 24.3 Å². The summed E-state index contributed by atoms with van der Waals surface area (Å²) in [6, 6.07) is 11.7. The van der Waals surface area contributed by atoms with Crippen LogP contribution in [-0.2, 0) is 10.0 Å². The van der Waals surface area contributed by atoms with E-state index in [0.29, 0.717) is 30.4 Å². The number of hydrogen-bond acceptors (Lipinski definition) is 4. The van der Waals surface area contributed by atoms with Gasteiger partial charge >= 0.3 is 0 Å². The Morgan fingerprint density at radius 2 is 1.50 bits per heavy atom. The Morgan fingerprint density at radius 3 is 2.10 bits per heavy atom. The van der Waals surface area contributed by atoms with Crippen molar-refractivity contribution in [2.24, 2.45) is 0 Å². The number of benzene rings is 2. The quantitative estimate of drug-likeness (QED) is 0.789. The smallest absolute Gasteiger partial charge is 0.261 e. The van der Waals surface area contributed by atoms with Crippen LogP contribution in [0, 0.1) is 5.82 Å². The number of sulfonamides is 1. The van der Waals surface area contributed by atoms with Crippen molar-refractivity contribution in [3.05, 3.63) is 59.9 Å². The van der Waals surface area contributed by atoms with Gasteiger partial charge < -0.3 is 4.90 Å². The molecule has 0 aromatic heterocycles. The molecule has 30 heavy (non-hydrogen) atoms. The highest BCUT2D eigenvalue weighted by Gasteiger charge is 2.28. The van der Waals surface area contributed by atoms with E-state index in [1.165, 1.54) is 37.8 Å². The van der Waals surface area contributed by atoms with Gasteiger partial charge in [0.2, 0.25) is 0 Å². The summed E-state index contributed by atoms with van der Waals surface area (Å²) in [7, 11) is -3.82. The van der Waals surface area contributed by atoms with Crippen LogP contribution in [0.5, 0.6) is 0 Å². The van der Waals surface area contributed by atoms with Crippen molar-refractivity contribution in [2.75, 3.05) is 30.9 Å². The van der Waals surface area contributed by atoms with E-state index in [9.17, 15) is 17.6 Å². The Kier molecular flexibility index (Phi) is 6.06. The van der Waals surface area contributed by atoms with Crippen molar-refractivity contribution in [3.8, 4) is 0 Å². The zero-order chi connectivity index (χ0) is 21.1. The SMILES string of the molecule is O=C(c1ccc(NS(=O)(=O)c2ccc(F)cc2)cc1)N1CCN(C2CCCC2)CC1. The van der Waals surface area contributed by atoms with Gasteiger partial charge in [0.1, 0.15) is 5.82 Å². The third-order valence-electron chi connectivity index (χ3n) is 5.95. The summed E-state index contributed by atoms with van der Waals surface area (Å²) < 4.78 is 40.3. The topological polar surface area (TPSA) is 69.7 Å². The Balaban J connectivity index is 1.36. The van der Waals surface area contributed by atoms with Crippen molar-refractivity contribution < 1.29 is 17.6 Å². The zero-order valence-electron chi connectivity index (χ0n) is 16.8. The normalized spacial score (nSPS) is 18.5. The summed E-state index contributed by atoms with van der Waals surface area (Å²) in [6.07, 6.45) is 5.15. The molecule has 1 amide bonds. The number of nitrogens with one attached hydrogen (secondary N) is 1. The van der Waals surface area contributed by atoms with Gasteiger partial charge in [0.05, 0.1) is 4.90 Å². The number of halogens is 1. The maximum atomic E-state index is 13.0. The van der Waals surface area contributed by atoms with Crippen LogP contribution in [0.15, 0.2) is 53.4 Å². The number of amides is 1. The maximum Gasteiger partial charge on any atom is 0.261 e. The van der Waals surface area contributed by atoms with Gasteiger partial charge in [-0.15, -0.1) is 0 Å². The first kappa shape index (κ1) is 20.8. The second kappa shape index (κ2) is 8.73. The number of hydrogen-bond donors (Lipinski definition) is 1. The highest BCUT2D eigenvalue weighted by Crippen LogP contribution is 2.25. The molecule has 0 radical (unpaired) electrons. The molecule has 0 bridgehead atoms. The average Bonchev–Trinajstić information content (AvgIpc) is 3.29. The summed E-state index contributed by atoms with van der Waals surface area (Å²) in [5.74, 6) is -0.532. The molecule has 8 heteroatoms. The molecule has 1 aliphatic carbocycles. The molecule has 2 aromatic rings. The lowest BCUT2D eigenvalue weighted by atomic mass is 10.1.